The molecule has 0 fully saturated rings. The molecule has 0 saturated heterocycles. The van der Waals surface area contributed by atoms with E-state index >= 15 is 0 Å². The highest BCUT2D eigenvalue weighted by atomic mass is 79.9. The van der Waals surface area contributed by atoms with Crippen molar-refractivity contribution in [2.75, 3.05) is 0 Å². The van der Waals surface area contributed by atoms with Gasteiger partial charge >= 0.3 is 0 Å². The predicted molar refractivity (Wildman–Crippen MR) is 105 cm³/mol. The molecule has 0 spiro atoms. The number of nitrogens with one attached hydrogen (secondary N) is 1. The van der Waals surface area contributed by atoms with Crippen LogP contribution in [-0.2, 0) is 10.3 Å². The number of nitrogens with zero attached hydrogens (tertiary/aromatic N) is 2. The minimum absolute atomic E-state index is 0.234. The Kier molecular flexibility index (Phi) is 6.82. The Morgan fingerprint density at radius 1 is 1.28 bits per heavy atom. The standard InChI is InChI=1S/C17H18Br2ClN3O2/c1-4-13(25-10-8-11(18)14(20)12(19)9-10)15(24)23-17(2,3)16-21-6-5-7-22-16/h5-9,13H,4H2,1-3H3,(H,23,24). The minimum atomic E-state index is -0.712. The van der Waals surface area contributed by atoms with Gasteiger partial charge in [-0.3, -0.25) is 4.79 Å². The Labute approximate surface area is 168 Å². The zero-order valence-electron chi connectivity index (χ0n) is 14.0. The van der Waals surface area contributed by atoms with Gasteiger partial charge in [-0.15, -0.1) is 0 Å². The zero-order valence-corrected chi connectivity index (χ0v) is 17.9. The van der Waals surface area contributed by atoms with Gasteiger partial charge in [0.25, 0.3) is 5.91 Å². The lowest BCUT2D eigenvalue weighted by Gasteiger charge is -2.27. The highest BCUT2D eigenvalue weighted by molar-refractivity contribution is 9.11. The van der Waals surface area contributed by atoms with E-state index in [2.05, 4.69) is 47.1 Å². The molecule has 0 bridgehead atoms. The van der Waals surface area contributed by atoms with Crippen LogP contribution in [0.5, 0.6) is 5.75 Å². The Morgan fingerprint density at radius 3 is 2.36 bits per heavy atom. The van der Waals surface area contributed by atoms with Crippen LogP contribution in [0.2, 0.25) is 5.02 Å². The minimum Gasteiger partial charge on any atom is -0.481 e. The molecule has 1 unspecified atom stereocenters. The fourth-order valence-electron chi connectivity index (χ4n) is 2.15. The number of carbonyl (C=O) groups excluding carboxylic acids is 1. The average Bonchev–Trinajstić information content (AvgIpc) is 2.57. The van der Waals surface area contributed by atoms with E-state index in [9.17, 15) is 4.79 Å². The fraction of sp³-hybridized carbons (Fsp3) is 0.353. The van der Waals surface area contributed by atoms with E-state index in [1.807, 2.05) is 20.8 Å². The van der Waals surface area contributed by atoms with Crippen LogP contribution in [0.3, 0.4) is 0 Å². The Morgan fingerprint density at radius 2 is 1.84 bits per heavy atom. The number of ether oxygens (including phenoxy) is 1. The van der Waals surface area contributed by atoms with Crippen LogP contribution >= 0.6 is 43.5 Å². The van der Waals surface area contributed by atoms with Crippen molar-refractivity contribution >= 4 is 49.4 Å². The number of carbonyl (C=O) groups is 1. The van der Waals surface area contributed by atoms with Crippen LogP contribution in [0.25, 0.3) is 0 Å². The highest BCUT2D eigenvalue weighted by Gasteiger charge is 2.29. The maximum Gasteiger partial charge on any atom is 0.261 e. The van der Waals surface area contributed by atoms with Crippen molar-refractivity contribution in [3.63, 3.8) is 0 Å². The third-order valence-corrected chi connectivity index (χ3v) is 5.57. The van der Waals surface area contributed by atoms with E-state index in [1.165, 1.54) is 0 Å². The van der Waals surface area contributed by atoms with Crippen LogP contribution in [0.15, 0.2) is 39.5 Å². The first-order chi connectivity index (χ1) is 11.7. The van der Waals surface area contributed by atoms with Crippen molar-refractivity contribution < 1.29 is 9.53 Å². The van der Waals surface area contributed by atoms with Gasteiger partial charge in [0.15, 0.2) is 11.9 Å². The third kappa shape index (κ3) is 5.15. The van der Waals surface area contributed by atoms with Crippen molar-refractivity contribution in [2.45, 2.75) is 38.8 Å². The van der Waals surface area contributed by atoms with Gasteiger partial charge in [-0.2, -0.15) is 0 Å². The second-order valence-electron chi connectivity index (χ2n) is 5.90. The topological polar surface area (TPSA) is 64.1 Å². The van der Waals surface area contributed by atoms with Crippen molar-refractivity contribution in [2.24, 2.45) is 0 Å². The first-order valence-corrected chi connectivity index (χ1v) is 9.61. The SMILES string of the molecule is CCC(Oc1cc(Br)c(Cl)c(Br)c1)C(=O)NC(C)(C)c1ncccn1. The van der Waals surface area contributed by atoms with Crippen LogP contribution in [-0.4, -0.2) is 22.0 Å². The lowest BCUT2D eigenvalue weighted by molar-refractivity contribution is -0.130. The van der Waals surface area contributed by atoms with E-state index in [-0.39, 0.29) is 5.91 Å². The number of hydrogen-bond acceptors (Lipinski definition) is 4. The Balaban J connectivity index is 2.14. The summed E-state index contributed by atoms with van der Waals surface area (Å²) in [6.45, 7) is 5.58. The molecule has 1 heterocycles. The van der Waals surface area contributed by atoms with Crippen LogP contribution in [0.4, 0.5) is 0 Å². The van der Waals surface area contributed by atoms with E-state index in [4.69, 9.17) is 16.3 Å². The molecule has 0 saturated carbocycles. The summed E-state index contributed by atoms with van der Waals surface area (Å²) in [4.78, 5) is 21.1. The molecule has 1 N–H and O–H groups in total. The Hall–Kier alpha value is -1.18. The van der Waals surface area contributed by atoms with Gasteiger partial charge in [0.05, 0.1) is 10.6 Å². The molecule has 1 amide bonds. The van der Waals surface area contributed by atoms with Crippen LogP contribution < -0.4 is 10.1 Å². The molecule has 2 rings (SSSR count). The Bertz CT molecular complexity index is 734. The summed E-state index contributed by atoms with van der Waals surface area (Å²) in [7, 11) is 0. The van der Waals surface area contributed by atoms with Gasteiger partial charge in [0, 0.05) is 21.3 Å². The molecule has 0 radical (unpaired) electrons. The smallest absolute Gasteiger partial charge is 0.261 e. The largest absolute Gasteiger partial charge is 0.481 e. The van der Waals surface area contributed by atoms with Crippen molar-refractivity contribution in [1.82, 2.24) is 15.3 Å². The molecule has 5 nitrogen and oxygen atoms in total. The van der Waals surface area contributed by atoms with Crippen LogP contribution in [0, 0.1) is 0 Å². The maximum absolute atomic E-state index is 12.7. The van der Waals surface area contributed by atoms with E-state index < -0.39 is 11.6 Å². The van der Waals surface area contributed by atoms with Gasteiger partial charge in [0.2, 0.25) is 0 Å². The van der Waals surface area contributed by atoms with E-state index in [0.29, 0.717) is 32.0 Å². The lowest BCUT2D eigenvalue weighted by Crippen LogP contribution is -2.48. The van der Waals surface area contributed by atoms with Crippen molar-refractivity contribution in [3.8, 4) is 5.75 Å². The summed E-state index contributed by atoms with van der Waals surface area (Å²) < 4.78 is 7.23. The van der Waals surface area contributed by atoms with Gasteiger partial charge in [0.1, 0.15) is 5.75 Å². The second kappa shape index (κ2) is 8.47. The number of rotatable bonds is 6. The fourth-order valence-corrected chi connectivity index (χ4v) is 3.41. The molecule has 134 valence electrons. The summed E-state index contributed by atoms with van der Waals surface area (Å²) >= 11 is 12.8. The molecule has 2 aromatic rings. The summed E-state index contributed by atoms with van der Waals surface area (Å²) in [5.74, 6) is 0.844. The molecular formula is C17H18Br2ClN3O2. The number of benzene rings is 1. The quantitative estimate of drug-likeness (QED) is 0.586. The van der Waals surface area contributed by atoms with Gasteiger partial charge in [-0.1, -0.05) is 18.5 Å². The predicted octanol–water partition coefficient (Wildman–Crippen LogP) is 4.86. The van der Waals surface area contributed by atoms with E-state index in [1.54, 1.807) is 30.6 Å². The average molecular weight is 492 g/mol. The number of halogens is 3. The van der Waals surface area contributed by atoms with Crippen molar-refractivity contribution in [3.05, 3.63) is 50.4 Å². The molecule has 1 aromatic heterocycles. The summed E-state index contributed by atoms with van der Waals surface area (Å²) in [6, 6.07) is 5.19. The van der Waals surface area contributed by atoms with Gasteiger partial charge in [-0.25, -0.2) is 9.97 Å². The van der Waals surface area contributed by atoms with Crippen LogP contribution in [0.1, 0.15) is 33.0 Å². The molecule has 0 aliphatic carbocycles. The lowest BCUT2D eigenvalue weighted by atomic mass is 10.0. The molecule has 1 aromatic carbocycles. The molecule has 25 heavy (non-hydrogen) atoms. The zero-order chi connectivity index (χ0) is 18.6. The molecular weight excluding hydrogens is 473 g/mol. The summed E-state index contributed by atoms with van der Waals surface area (Å²) in [5, 5.41) is 3.49. The molecule has 8 heteroatoms. The molecule has 1 atom stereocenters. The number of hydrogen-bond donors (Lipinski definition) is 1. The van der Waals surface area contributed by atoms with Gasteiger partial charge < -0.3 is 10.1 Å². The highest BCUT2D eigenvalue weighted by Crippen LogP contribution is 2.35. The number of aromatic nitrogens is 2. The first-order valence-electron chi connectivity index (χ1n) is 7.65. The second-order valence-corrected chi connectivity index (χ2v) is 7.99. The summed E-state index contributed by atoms with van der Waals surface area (Å²) in [6.07, 6.45) is 3.15. The first kappa shape index (κ1) is 20.1. The van der Waals surface area contributed by atoms with E-state index in [0.717, 1.165) is 0 Å². The normalized spacial score (nSPS) is 12.6. The summed E-state index contributed by atoms with van der Waals surface area (Å²) in [5.41, 5.74) is -0.712. The van der Waals surface area contributed by atoms with Gasteiger partial charge in [-0.05, 0) is 70.3 Å². The molecule has 0 aliphatic heterocycles. The monoisotopic (exact) mass is 489 g/mol. The molecule has 0 aliphatic rings. The maximum atomic E-state index is 12.7. The number of amides is 1. The van der Waals surface area contributed by atoms with Crippen molar-refractivity contribution in [1.29, 1.82) is 0 Å². The third-order valence-electron chi connectivity index (χ3n) is 3.46.